The first kappa shape index (κ1) is 50.9. The summed E-state index contributed by atoms with van der Waals surface area (Å²) in [6.07, 6.45) is 63.3. The number of unbranched alkanes of at least 4 members (excludes halogenated alkanes) is 42. The third-order valence-corrected chi connectivity index (χ3v) is 11.4. The Labute approximate surface area is 324 Å². The van der Waals surface area contributed by atoms with Gasteiger partial charge in [-0.3, -0.25) is 0 Å². The zero-order valence-electron chi connectivity index (χ0n) is 35.9. The van der Waals surface area contributed by atoms with Crippen molar-refractivity contribution in [2.24, 2.45) is 0 Å². The minimum Gasteiger partial charge on any atom is -0.214 e. The van der Waals surface area contributed by atoms with Crippen molar-refractivity contribution in [3.63, 3.8) is 0 Å². The fourth-order valence-corrected chi connectivity index (χ4v) is 7.76. The van der Waals surface area contributed by atoms with Gasteiger partial charge in [0, 0.05) is 13.1 Å². The Morgan fingerprint density at radius 3 is 0.490 bits per heavy atom. The third kappa shape index (κ3) is 49.9. The Hall–Kier alpha value is -0.120. The molecule has 0 aromatic carbocycles. The second-order valence-corrected chi connectivity index (χ2v) is 16.7. The quantitative estimate of drug-likeness (QED) is 0.0485. The summed E-state index contributed by atoms with van der Waals surface area (Å²) in [5, 5.41) is 0. The monoisotopic (exact) mass is 721 g/mol. The van der Waals surface area contributed by atoms with Crippen molar-refractivity contribution in [3.8, 4) is 0 Å². The van der Waals surface area contributed by atoms with Crippen LogP contribution in [0.1, 0.15) is 296 Å². The lowest BCUT2D eigenvalue weighted by Crippen LogP contribution is -2.27. The van der Waals surface area contributed by atoms with Crippen LogP contribution in [0.3, 0.4) is 0 Å². The topological polar surface area (TPSA) is 33.3 Å². The van der Waals surface area contributed by atoms with Crippen LogP contribution in [0.25, 0.3) is 0 Å². The molecule has 0 aromatic rings. The van der Waals surface area contributed by atoms with Gasteiger partial charge in [-0.1, -0.05) is 284 Å². The van der Waals surface area contributed by atoms with E-state index in [0.29, 0.717) is 0 Å². The minimum absolute atomic E-state index is 0.964. The fourth-order valence-electron chi connectivity index (χ4n) is 7.76. The predicted molar refractivity (Wildman–Crippen MR) is 232 cm³/mol. The van der Waals surface area contributed by atoms with Crippen molar-refractivity contribution >= 4 is 0 Å². The zero-order chi connectivity index (χ0) is 36.6. The molecule has 3 nitrogen and oxygen atoms in total. The van der Waals surface area contributed by atoms with Crippen LogP contribution in [-0.2, 0) is 4.94 Å². The van der Waals surface area contributed by atoms with E-state index in [1.807, 2.05) is 0 Å². The van der Waals surface area contributed by atoms with Crippen LogP contribution in [0.2, 0.25) is 0 Å². The Balaban J connectivity index is 3.04. The molecule has 0 rings (SSSR count). The van der Waals surface area contributed by atoms with Crippen molar-refractivity contribution < 1.29 is 4.94 Å². The van der Waals surface area contributed by atoms with Crippen LogP contribution >= 0.6 is 0 Å². The van der Waals surface area contributed by atoms with Gasteiger partial charge in [-0.25, -0.2) is 4.94 Å². The molecule has 0 unspecified atom stereocenters. The van der Waals surface area contributed by atoms with Crippen molar-refractivity contribution in [2.45, 2.75) is 296 Å². The van der Waals surface area contributed by atoms with Gasteiger partial charge in [0.25, 0.3) is 0 Å². The molecular weight excluding hydrogens is 621 g/mol. The summed E-state index contributed by atoms with van der Waals surface area (Å²) in [5.74, 6) is 0. The molecule has 0 radical (unpaired) electrons. The molecule has 0 bridgehead atoms. The van der Waals surface area contributed by atoms with E-state index in [1.54, 1.807) is 0 Å². The maximum absolute atomic E-state index is 5.43. The summed E-state index contributed by atoms with van der Waals surface area (Å²) in [6, 6.07) is 0. The van der Waals surface area contributed by atoms with Crippen LogP contribution < -0.4 is 11.0 Å². The SMILES string of the molecule is CCCCCCCCCCCCCCCCCCCCCCCCNONCCCCCCCCCCCCCCCCCCCCCCCC. The smallest absolute Gasteiger partial charge is 0.0229 e. The van der Waals surface area contributed by atoms with E-state index in [-0.39, 0.29) is 0 Å². The average Bonchev–Trinajstić information content (AvgIpc) is 3.14. The molecule has 0 aliphatic heterocycles. The highest BCUT2D eigenvalue weighted by Crippen LogP contribution is 2.17. The lowest BCUT2D eigenvalue weighted by atomic mass is 10.0. The van der Waals surface area contributed by atoms with Gasteiger partial charge in [0.1, 0.15) is 0 Å². The average molecular weight is 721 g/mol. The first-order valence-electron chi connectivity index (χ1n) is 24.5. The highest BCUT2D eigenvalue weighted by atomic mass is 16.8. The Morgan fingerprint density at radius 2 is 0.333 bits per heavy atom. The van der Waals surface area contributed by atoms with Gasteiger partial charge < -0.3 is 0 Å². The third-order valence-electron chi connectivity index (χ3n) is 11.4. The Bertz CT molecular complexity index is 521. The van der Waals surface area contributed by atoms with Gasteiger partial charge in [-0.05, 0) is 12.8 Å². The molecule has 0 fully saturated rings. The van der Waals surface area contributed by atoms with Gasteiger partial charge in [0.05, 0.1) is 0 Å². The van der Waals surface area contributed by atoms with Gasteiger partial charge in [-0.2, -0.15) is 11.0 Å². The molecule has 3 heteroatoms. The van der Waals surface area contributed by atoms with Crippen molar-refractivity contribution in [1.29, 1.82) is 0 Å². The fraction of sp³-hybridized carbons (Fsp3) is 1.00. The normalized spacial score (nSPS) is 11.6. The lowest BCUT2D eigenvalue weighted by Gasteiger charge is -2.07. The molecule has 0 aromatic heterocycles. The second kappa shape index (κ2) is 49.9. The molecule has 0 heterocycles. The maximum atomic E-state index is 5.43. The molecule has 0 amide bonds. The van der Waals surface area contributed by atoms with E-state index in [1.165, 1.54) is 283 Å². The lowest BCUT2D eigenvalue weighted by molar-refractivity contribution is -0.0387. The zero-order valence-corrected chi connectivity index (χ0v) is 35.9. The van der Waals surface area contributed by atoms with E-state index >= 15 is 0 Å². The molecule has 0 spiro atoms. The molecule has 0 aliphatic carbocycles. The molecule has 2 N–H and O–H groups in total. The van der Waals surface area contributed by atoms with Crippen LogP contribution in [0.5, 0.6) is 0 Å². The Kier molecular flexibility index (Phi) is 49.8. The number of rotatable bonds is 48. The molecule has 0 atom stereocenters. The summed E-state index contributed by atoms with van der Waals surface area (Å²) >= 11 is 0. The molecule has 0 saturated heterocycles. The highest BCUT2D eigenvalue weighted by Gasteiger charge is 1.98. The van der Waals surface area contributed by atoms with Crippen LogP contribution in [-0.4, -0.2) is 13.1 Å². The summed E-state index contributed by atoms with van der Waals surface area (Å²) in [7, 11) is 0. The van der Waals surface area contributed by atoms with Crippen LogP contribution in [0.4, 0.5) is 0 Å². The largest absolute Gasteiger partial charge is 0.214 e. The van der Waals surface area contributed by atoms with E-state index in [0.717, 1.165) is 13.1 Å². The Morgan fingerprint density at radius 1 is 0.196 bits per heavy atom. The molecule has 308 valence electrons. The number of hydrogen-bond acceptors (Lipinski definition) is 3. The van der Waals surface area contributed by atoms with Crippen molar-refractivity contribution in [2.75, 3.05) is 13.1 Å². The van der Waals surface area contributed by atoms with Gasteiger partial charge in [0.15, 0.2) is 0 Å². The summed E-state index contributed by atoms with van der Waals surface area (Å²) in [6.45, 7) is 6.54. The first-order valence-corrected chi connectivity index (χ1v) is 24.5. The number of nitrogens with one attached hydrogen (secondary N) is 2. The predicted octanol–water partition coefficient (Wildman–Crippen LogP) is 17.2. The van der Waals surface area contributed by atoms with E-state index in [2.05, 4.69) is 24.8 Å². The highest BCUT2D eigenvalue weighted by molar-refractivity contribution is 4.53. The second-order valence-electron chi connectivity index (χ2n) is 16.7. The van der Waals surface area contributed by atoms with E-state index in [9.17, 15) is 0 Å². The first-order chi connectivity index (χ1) is 25.4. The number of hydroxylamine groups is 2. The van der Waals surface area contributed by atoms with Crippen molar-refractivity contribution in [3.05, 3.63) is 0 Å². The molecule has 0 aliphatic rings. The minimum atomic E-state index is 0.964. The van der Waals surface area contributed by atoms with Gasteiger partial charge >= 0.3 is 0 Å². The number of hydrogen-bond donors (Lipinski definition) is 2. The van der Waals surface area contributed by atoms with Crippen LogP contribution in [0.15, 0.2) is 0 Å². The standard InChI is InChI=1S/C48H100N2O/c1-3-5-7-9-11-13-15-17-19-21-23-25-27-29-31-33-35-37-39-41-43-45-47-49-51-50-48-46-44-42-40-38-36-34-32-30-28-26-24-22-20-18-16-14-12-10-8-6-4-2/h49-50H,3-48H2,1-2H3. The van der Waals surface area contributed by atoms with Gasteiger partial charge in [-0.15, -0.1) is 0 Å². The van der Waals surface area contributed by atoms with Crippen LogP contribution in [0, 0.1) is 0 Å². The molecule has 0 saturated carbocycles. The van der Waals surface area contributed by atoms with Gasteiger partial charge in [0.2, 0.25) is 0 Å². The summed E-state index contributed by atoms with van der Waals surface area (Å²) < 4.78 is 0. The van der Waals surface area contributed by atoms with Crippen molar-refractivity contribution in [1.82, 2.24) is 11.0 Å². The summed E-state index contributed by atoms with van der Waals surface area (Å²) in [4.78, 5) is 5.43. The maximum Gasteiger partial charge on any atom is 0.0229 e. The van der Waals surface area contributed by atoms with E-state index < -0.39 is 0 Å². The summed E-state index contributed by atoms with van der Waals surface area (Å²) in [5.41, 5.74) is 6.20. The molecule has 51 heavy (non-hydrogen) atoms. The van der Waals surface area contributed by atoms with E-state index in [4.69, 9.17) is 4.94 Å². The molecular formula is C48H100N2O.